The summed E-state index contributed by atoms with van der Waals surface area (Å²) < 4.78 is 1.76. The number of aromatic nitrogens is 3. The number of rotatable bonds is 4. The molecule has 4 heterocycles. The molecule has 1 unspecified atom stereocenters. The number of benzene rings is 1. The van der Waals surface area contributed by atoms with Crippen molar-refractivity contribution in [2.24, 2.45) is 0 Å². The van der Waals surface area contributed by atoms with Gasteiger partial charge in [-0.2, -0.15) is 0 Å². The number of likely N-dealkylation sites (N-methyl/N-ethyl adjacent to an activating group) is 1. The van der Waals surface area contributed by atoms with Gasteiger partial charge in [0.2, 0.25) is 5.95 Å². The van der Waals surface area contributed by atoms with E-state index >= 15 is 0 Å². The van der Waals surface area contributed by atoms with Crippen LogP contribution in [0.25, 0.3) is 11.3 Å². The van der Waals surface area contributed by atoms with E-state index in [0.717, 1.165) is 37.1 Å². The number of hydrogen-bond acceptors (Lipinski definition) is 6. The van der Waals surface area contributed by atoms with Gasteiger partial charge >= 0.3 is 0 Å². The van der Waals surface area contributed by atoms with Crippen molar-refractivity contribution in [3.8, 4) is 11.3 Å². The third-order valence-corrected chi connectivity index (χ3v) is 6.64. The van der Waals surface area contributed by atoms with Gasteiger partial charge in [0.25, 0.3) is 5.56 Å². The molecule has 2 aliphatic heterocycles. The Hall–Kier alpha value is -3.03. The first-order valence-corrected chi connectivity index (χ1v) is 10.8. The van der Waals surface area contributed by atoms with Crippen molar-refractivity contribution >= 4 is 5.95 Å². The number of hydrogen-bond donors (Lipinski definition) is 1. The predicted octanol–water partition coefficient (Wildman–Crippen LogP) is 2.32. The molecule has 1 fully saturated rings. The van der Waals surface area contributed by atoms with Crippen LogP contribution in [0.2, 0.25) is 0 Å². The van der Waals surface area contributed by atoms with Crippen LogP contribution in [0.15, 0.2) is 65.7 Å². The van der Waals surface area contributed by atoms with E-state index in [1.54, 1.807) is 23.0 Å². The van der Waals surface area contributed by atoms with E-state index in [1.807, 2.05) is 42.5 Å². The predicted molar refractivity (Wildman–Crippen MR) is 120 cm³/mol. The van der Waals surface area contributed by atoms with Gasteiger partial charge in [0.1, 0.15) is 0 Å². The van der Waals surface area contributed by atoms with Gasteiger partial charge in [-0.05, 0) is 37.6 Å². The fourth-order valence-electron chi connectivity index (χ4n) is 4.96. The normalized spacial score (nSPS) is 21.9. The van der Waals surface area contributed by atoms with E-state index in [4.69, 9.17) is 4.98 Å². The molecule has 7 nitrogen and oxygen atoms in total. The molecule has 0 saturated carbocycles. The first-order valence-electron chi connectivity index (χ1n) is 10.8. The lowest BCUT2D eigenvalue weighted by Gasteiger charge is -2.47. The van der Waals surface area contributed by atoms with Crippen LogP contribution in [-0.2, 0) is 6.54 Å². The minimum absolute atomic E-state index is 0.0581. The Morgan fingerprint density at radius 3 is 2.55 bits per heavy atom. The largest absolute Gasteiger partial charge is 0.387 e. The highest BCUT2D eigenvalue weighted by molar-refractivity contribution is 5.60. The molecule has 1 saturated heterocycles. The second-order valence-electron chi connectivity index (χ2n) is 8.67. The highest BCUT2D eigenvalue weighted by atomic mass is 16.3. The van der Waals surface area contributed by atoms with Gasteiger partial charge in [-0.3, -0.25) is 14.3 Å². The third-order valence-electron chi connectivity index (χ3n) is 6.64. The van der Waals surface area contributed by atoms with E-state index in [0.29, 0.717) is 24.7 Å². The molecule has 0 aliphatic carbocycles. The zero-order valence-corrected chi connectivity index (χ0v) is 17.7. The maximum Gasteiger partial charge on any atom is 0.255 e. The van der Waals surface area contributed by atoms with Gasteiger partial charge < -0.3 is 14.9 Å². The summed E-state index contributed by atoms with van der Waals surface area (Å²) in [5, 5.41) is 11.1. The molecule has 0 bridgehead atoms. The highest BCUT2D eigenvalue weighted by Crippen LogP contribution is 2.39. The average Bonchev–Trinajstić information content (AvgIpc) is 3.17. The van der Waals surface area contributed by atoms with Crippen molar-refractivity contribution in [2.75, 3.05) is 31.6 Å². The lowest BCUT2D eigenvalue weighted by atomic mass is 9.89. The van der Waals surface area contributed by atoms with Gasteiger partial charge in [-0.1, -0.05) is 30.3 Å². The van der Waals surface area contributed by atoms with Crippen LogP contribution in [0.4, 0.5) is 5.95 Å². The summed E-state index contributed by atoms with van der Waals surface area (Å²) in [6, 6.07) is 15.0. The van der Waals surface area contributed by atoms with Crippen molar-refractivity contribution in [1.82, 2.24) is 19.4 Å². The van der Waals surface area contributed by atoms with Crippen LogP contribution in [-0.4, -0.2) is 56.8 Å². The Morgan fingerprint density at radius 1 is 1.10 bits per heavy atom. The fourth-order valence-corrected chi connectivity index (χ4v) is 4.96. The van der Waals surface area contributed by atoms with Gasteiger partial charge in [0.05, 0.1) is 23.9 Å². The molecule has 2 aliphatic rings. The first kappa shape index (κ1) is 19.9. The van der Waals surface area contributed by atoms with Crippen molar-refractivity contribution in [2.45, 2.75) is 31.0 Å². The van der Waals surface area contributed by atoms with Crippen LogP contribution >= 0.6 is 0 Å². The Bertz CT molecular complexity index is 1120. The topological polar surface area (TPSA) is 74.5 Å². The van der Waals surface area contributed by atoms with Crippen LogP contribution in [0.3, 0.4) is 0 Å². The fraction of sp³-hybridized carbons (Fsp3) is 0.375. The molecule has 2 atom stereocenters. The monoisotopic (exact) mass is 417 g/mol. The van der Waals surface area contributed by atoms with Crippen LogP contribution in [0.1, 0.15) is 24.5 Å². The maximum atomic E-state index is 13.0. The number of aliphatic hydroxyl groups is 1. The van der Waals surface area contributed by atoms with E-state index < -0.39 is 6.10 Å². The Morgan fingerprint density at radius 2 is 1.84 bits per heavy atom. The molecule has 31 heavy (non-hydrogen) atoms. The highest BCUT2D eigenvalue weighted by Gasteiger charge is 2.46. The molecule has 0 amide bonds. The number of fused-ring (bicyclic) bond motifs is 1. The smallest absolute Gasteiger partial charge is 0.255 e. The summed E-state index contributed by atoms with van der Waals surface area (Å²) in [6.45, 7) is 2.92. The van der Waals surface area contributed by atoms with E-state index in [2.05, 4.69) is 21.8 Å². The van der Waals surface area contributed by atoms with Gasteiger partial charge in [0.15, 0.2) is 0 Å². The Kier molecular flexibility index (Phi) is 5.08. The van der Waals surface area contributed by atoms with Crippen LogP contribution in [0, 0.1) is 0 Å². The second-order valence-corrected chi connectivity index (χ2v) is 8.67. The van der Waals surface area contributed by atoms with E-state index in [9.17, 15) is 9.90 Å². The average molecular weight is 418 g/mol. The molecular formula is C24H27N5O2. The SMILES string of the molecule is CN1CCC2(CCn3c(nc(-c4ccncc4)cc3=O)N2C[C@H](O)c2ccccc2)C1. The maximum absolute atomic E-state index is 13.0. The Balaban J connectivity index is 1.60. The van der Waals surface area contributed by atoms with Crippen molar-refractivity contribution in [1.29, 1.82) is 0 Å². The lowest BCUT2D eigenvalue weighted by Crippen LogP contribution is -2.58. The second kappa shape index (κ2) is 7.90. The lowest BCUT2D eigenvalue weighted by molar-refractivity contribution is 0.164. The molecule has 1 aromatic carbocycles. The molecule has 160 valence electrons. The van der Waals surface area contributed by atoms with Crippen LogP contribution < -0.4 is 10.5 Å². The number of anilines is 1. The molecular weight excluding hydrogens is 390 g/mol. The van der Waals surface area contributed by atoms with Crippen molar-refractivity contribution < 1.29 is 5.11 Å². The molecule has 1 N–H and O–H groups in total. The molecule has 2 aromatic heterocycles. The number of β-amino-alcohol motifs (C(OH)–C–C–N with tert-alkyl or cyclic N) is 1. The number of aliphatic hydroxyl groups excluding tert-OH is 1. The zero-order valence-electron chi connectivity index (χ0n) is 17.7. The van der Waals surface area contributed by atoms with Gasteiger partial charge in [-0.25, -0.2) is 4.98 Å². The van der Waals surface area contributed by atoms with Crippen molar-refractivity contribution in [3.05, 3.63) is 76.8 Å². The Labute approximate surface area is 181 Å². The van der Waals surface area contributed by atoms with E-state index in [-0.39, 0.29) is 11.1 Å². The number of nitrogens with zero attached hydrogens (tertiary/aromatic N) is 5. The minimum atomic E-state index is -0.669. The quantitative estimate of drug-likeness (QED) is 0.702. The first-order chi connectivity index (χ1) is 15.1. The summed E-state index contributed by atoms with van der Waals surface area (Å²) in [5.74, 6) is 0.649. The van der Waals surface area contributed by atoms with Gasteiger partial charge in [0, 0.05) is 43.7 Å². The summed E-state index contributed by atoms with van der Waals surface area (Å²) in [5.41, 5.74) is 2.18. The van der Waals surface area contributed by atoms with E-state index in [1.165, 1.54) is 0 Å². The number of likely N-dealkylation sites (tertiary alicyclic amines) is 1. The molecule has 7 heteroatoms. The summed E-state index contributed by atoms with van der Waals surface area (Å²) in [6.07, 6.45) is 4.59. The van der Waals surface area contributed by atoms with Crippen LogP contribution in [0.5, 0.6) is 0 Å². The molecule has 3 aromatic rings. The summed E-state index contributed by atoms with van der Waals surface area (Å²) in [4.78, 5) is 26.6. The molecule has 0 radical (unpaired) electrons. The minimum Gasteiger partial charge on any atom is -0.387 e. The van der Waals surface area contributed by atoms with Crippen molar-refractivity contribution in [3.63, 3.8) is 0 Å². The van der Waals surface area contributed by atoms with Gasteiger partial charge in [-0.15, -0.1) is 0 Å². The number of pyridine rings is 1. The standard InChI is InChI=1S/C24H27N5O2/c1-27-13-9-24(17-27)10-14-28-22(31)15-20(18-7-11-25-12-8-18)26-23(28)29(24)16-21(30)19-5-3-2-4-6-19/h2-8,11-12,15,21,30H,9-10,13-14,16-17H2,1H3/t21-,24?/m0/s1. The summed E-state index contributed by atoms with van der Waals surface area (Å²) >= 11 is 0. The third kappa shape index (κ3) is 3.64. The molecule has 5 rings (SSSR count). The zero-order chi connectivity index (χ0) is 21.4. The molecule has 1 spiro atoms. The summed E-state index contributed by atoms with van der Waals surface area (Å²) in [7, 11) is 2.13.